The van der Waals surface area contributed by atoms with Gasteiger partial charge in [-0.15, -0.1) is 12.4 Å². The first kappa shape index (κ1) is 21.9. The van der Waals surface area contributed by atoms with Gasteiger partial charge in [-0.3, -0.25) is 4.79 Å². The molecule has 1 unspecified atom stereocenters. The van der Waals surface area contributed by atoms with E-state index in [0.717, 1.165) is 32.4 Å². The van der Waals surface area contributed by atoms with E-state index in [1.54, 1.807) is 12.1 Å². The quantitative estimate of drug-likeness (QED) is 0.713. The lowest BCUT2D eigenvalue weighted by Gasteiger charge is -2.33. The Bertz CT molecular complexity index is 522. The van der Waals surface area contributed by atoms with E-state index < -0.39 is 0 Å². The molecule has 6 heteroatoms. The Morgan fingerprint density at radius 3 is 2.68 bits per heavy atom. The van der Waals surface area contributed by atoms with Gasteiger partial charge >= 0.3 is 0 Å². The Hall–Kier alpha value is -1.17. The van der Waals surface area contributed by atoms with Crippen LogP contribution in [0.25, 0.3) is 0 Å². The lowest BCUT2D eigenvalue weighted by molar-refractivity contribution is -0.137. The first-order valence-electron chi connectivity index (χ1n) is 8.95. The van der Waals surface area contributed by atoms with Gasteiger partial charge in [0.05, 0.1) is 6.10 Å². The number of likely N-dealkylation sites (tertiary alicyclic amines) is 1. The summed E-state index contributed by atoms with van der Waals surface area (Å²) in [5.41, 5.74) is 6.15. The standard InChI is InChI=1S/C19H29FN2O2.ClH/c1-15(7-8-16-5-2-3-6-18(16)20)19(23)22-12-9-17(10-13-22)24-14-4-11-21;/h2-3,5-6,15,17H,4,7-14,21H2,1H3;1H. The molecule has 1 atom stereocenters. The van der Waals surface area contributed by atoms with E-state index in [9.17, 15) is 9.18 Å². The van der Waals surface area contributed by atoms with Gasteiger partial charge in [0.15, 0.2) is 0 Å². The zero-order chi connectivity index (χ0) is 17.4. The average Bonchev–Trinajstić information content (AvgIpc) is 2.61. The number of ether oxygens (including phenoxy) is 1. The van der Waals surface area contributed by atoms with Gasteiger partial charge in [0.2, 0.25) is 5.91 Å². The monoisotopic (exact) mass is 372 g/mol. The molecule has 4 nitrogen and oxygen atoms in total. The van der Waals surface area contributed by atoms with Crippen LogP contribution in [0.4, 0.5) is 4.39 Å². The molecule has 1 saturated heterocycles. The first-order chi connectivity index (χ1) is 11.6. The predicted molar refractivity (Wildman–Crippen MR) is 100 cm³/mol. The second-order valence-electron chi connectivity index (χ2n) is 6.57. The molecule has 0 bridgehead atoms. The van der Waals surface area contributed by atoms with Crippen LogP contribution in [0, 0.1) is 11.7 Å². The normalized spacial score (nSPS) is 16.4. The molecule has 0 radical (unpaired) electrons. The number of amides is 1. The van der Waals surface area contributed by atoms with Crippen LogP contribution in [0.15, 0.2) is 24.3 Å². The minimum atomic E-state index is -0.187. The molecule has 0 aromatic heterocycles. The summed E-state index contributed by atoms with van der Waals surface area (Å²) in [5, 5.41) is 0. The van der Waals surface area contributed by atoms with Crippen LogP contribution >= 0.6 is 12.4 Å². The van der Waals surface area contributed by atoms with Gasteiger partial charge in [-0.05, 0) is 50.3 Å². The van der Waals surface area contributed by atoms with Crippen LogP contribution < -0.4 is 5.73 Å². The number of halogens is 2. The molecular formula is C19H30ClFN2O2. The molecular weight excluding hydrogens is 343 g/mol. The highest BCUT2D eigenvalue weighted by Crippen LogP contribution is 2.19. The van der Waals surface area contributed by atoms with Crippen LogP contribution in [-0.2, 0) is 16.0 Å². The van der Waals surface area contributed by atoms with Crippen LogP contribution in [-0.4, -0.2) is 43.2 Å². The third-order valence-electron chi connectivity index (χ3n) is 4.68. The van der Waals surface area contributed by atoms with Crippen LogP contribution in [0.2, 0.25) is 0 Å². The van der Waals surface area contributed by atoms with E-state index in [2.05, 4.69) is 0 Å². The Morgan fingerprint density at radius 2 is 2.04 bits per heavy atom. The fraction of sp³-hybridized carbons (Fsp3) is 0.632. The zero-order valence-electron chi connectivity index (χ0n) is 15.0. The maximum Gasteiger partial charge on any atom is 0.225 e. The lowest BCUT2D eigenvalue weighted by atomic mass is 9.98. The molecule has 1 fully saturated rings. The van der Waals surface area contributed by atoms with E-state index in [0.29, 0.717) is 31.6 Å². The van der Waals surface area contributed by atoms with E-state index in [4.69, 9.17) is 10.5 Å². The topological polar surface area (TPSA) is 55.6 Å². The van der Waals surface area contributed by atoms with Crippen molar-refractivity contribution in [2.45, 2.75) is 45.1 Å². The van der Waals surface area contributed by atoms with Crippen molar-refractivity contribution in [3.8, 4) is 0 Å². The maximum absolute atomic E-state index is 13.6. The number of carbonyl (C=O) groups is 1. The van der Waals surface area contributed by atoms with E-state index in [1.165, 1.54) is 6.07 Å². The highest BCUT2D eigenvalue weighted by atomic mass is 35.5. The molecule has 25 heavy (non-hydrogen) atoms. The summed E-state index contributed by atoms with van der Waals surface area (Å²) in [7, 11) is 0. The minimum absolute atomic E-state index is 0. The van der Waals surface area contributed by atoms with Gasteiger partial charge in [-0.1, -0.05) is 25.1 Å². The molecule has 0 saturated carbocycles. The number of nitrogens with zero attached hydrogens (tertiary/aromatic N) is 1. The third-order valence-corrected chi connectivity index (χ3v) is 4.68. The molecule has 2 rings (SSSR count). The zero-order valence-corrected chi connectivity index (χ0v) is 15.8. The second kappa shape index (κ2) is 11.4. The van der Waals surface area contributed by atoms with E-state index >= 15 is 0 Å². The summed E-state index contributed by atoms with van der Waals surface area (Å²) in [5.74, 6) is -0.0985. The van der Waals surface area contributed by atoms with Gasteiger partial charge in [-0.25, -0.2) is 4.39 Å². The summed E-state index contributed by atoms with van der Waals surface area (Å²) < 4.78 is 19.4. The van der Waals surface area contributed by atoms with Crippen molar-refractivity contribution in [1.82, 2.24) is 4.90 Å². The Kier molecular flexibility index (Phi) is 10.0. The fourth-order valence-corrected chi connectivity index (χ4v) is 3.08. The van der Waals surface area contributed by atoms with Crippen molar-refractivity contribution in [2.75, 3.05) is 26.2 Å². The van der Waals surface area contributed by atoms with Gasteiger partial charge < -0.3 is 15.4 Å². The predicted octanol–water partition coefficient (Wildman–Crippen LogP) is 3.17. The molecule has 1 aromatic rings. The van der Waals surface area contributed by atoms with Crippen molar-refractivity contribution in [3.05, 3.63) is 35.6 Å². The van der Waals surface area contributed by atoms with Crippen molar-refractivity contribution in [1.29, 1.82) is 0 Å². The first-order valence-corrected chi connectivity index (χ1v) is 8.95. The van der Waals surface area contributed by atoms with Crippen molar-refractivity contribution in [3.63, 3.8) is 0 Å². The summed E-state index contributed by atoms with van der Waals surface area (Å²) in [6.45, 7) is 4.78. The average molecular weight is 373 g/mol. The van der Waals surface area contributed by atoms with E-state index in [1.807, 2.05) is 17.9 Å². The van der Waals surface area contributed by atoms with Gasteiger partial charge in [0.1, 0.15) is 5.82 Å². The van der Waals surface area contributed by atoms with Crippen molar-refractivity contribution >= 4 is 18.3 Å². The number of nitrogens with two attached hydrogens (primary N) is 1. The fourth-order valence-electron chi connectivity index (χ4n) is 3.08. The molecule has 0 aliphatic carbocycles. The number of hydrogen-bond donors (Lipinski definition) is 1. The van der Waals surface area contributed by atoms with Crippen molar-refractivity contribution < 1.29 is 13.9 Å². The summed E-state index contributed by atoms with van der Waals surface area (Å²) in [6.07, 6.45) is 4.17. The number of aryl methyl sites for hydroxylation is 1. The Morgan fingerprint density at radius 1 is 1.36 bits per heavy atom. The largest absolute Gasteiger partial charge is 0.378 e. The molecule has 142 valence electrons. The van der Waals surface area contributed by atoms with Crippen LogP contribution in [0.1, 0.15) is 38.2 Å². The van der Waals surface area contributed by atoms with Gasteiger partial charge in [0, 0.05) is 25.6 Å². The molecule has 1 aliphatic heterocycles. The van der Waals surface area contributed by atoms with Crippen LogP contribution in [0.3, 0.4) is 0 Å². The van der Waals surface area contributed by atoms with E-state index in [-0.39, 0.29) is 36.2 Å². The number of hydrogen-bond acceptors (Lipinski definition) is 3. The van der Waals surface area contributed by atoms with Crippen molar-refractivity contribution in [2.24, 2.45) is 11.7 Å². The summed E-state index contributed by atoms with van der Waals surface area (Å²) in [4.78, 5) is 14.5. The molecule has 1 aliphatic rings. The molecule has 1 aromatic carbocycles. The Labute approximate surface area is 156 Å². The van der Waals surface area contributed by atoms with Gasteiger partial charge in [0.25, 0.3) is 0 Å². The number of benzene rings is 1. The number of carbonyl (C=O) groups excluding carboxylic acids is 1. The highest BCUT2D eigenvalue weighted by Gasteiger charge is 2.26. The SMILES string of the molecule is CC(CCc1ccccc1F)C(=O)N1CCC(OCCCN)CC1.Cl. The number of rotatable bonds is 8. The van der Waals surface area contributed by atoms with Gasteiger partial charge in [-0.2, -0.15) is 0 Å². The second-order valence-corrected chi connectivity index (χ2v) is 6.57. The summed E-state index contributed by atoms with van der Waals surface area (Å²) >= 11 is 0. The molecule has 1 amide bonds. The molecule has 1 heterocycles. The number of piperidine rings is 1. The smallest absolute Gasteiger partial charge is 0.225 e. The lowest BCUT2D eigenvalue weighted by Crippen LogP contribution is -2.43. The highest BCUT2D eigenvalue weighted by molar-refractivity contribution is 5.85. The molecule has 2 N–H and O–H groups in total. The Balaban J connectivity index is 0.00000312. The van der Waals surface area contributed by atoms with Crippen LogP contribution in [0.5, 0.6) is 0 Å². The minimum Gasteiger partial charge on any atom is -0.378 e. The third kappa shape index (κ3) is 6.92. The summed E-state index contributed by atoms with van der Waals surface area (Å²) in [6, 6.07) is 6.78. The molecule has 0 spiro atoms. The maximum atomic E-state index is 13.6.